The second-order valence-electron chi connectivity index (χ2n) is 7.50. The lowest BCUT2D eigenvalue weighted by molar-refractivity contribution is 0.0699. The molecule has 1 atom stereocenters. The van der Waals surface area contributed by atoms with E-state index in [1.165, 1.54) is 11.1 Å². The fraction of sp³-hybridized carbons (Fsp3) is 0.292. The number of carboxylic acids is 1. The number of fused-ring (bicyclic) bond motifs is 1. The normalized spacial score (nSPS) is 16.9. The third-order valence-electron chi connectivity index (χ3n) is 5.63. The maximum Gasteiger partial charge on any atom is 0.336 e. The van der Waals surface area contributed by atoms with Crippen molar-refractivity contribution < 1.29 is 9.90 Å². The molecule has 4 heteroatoms. The third-order valence-corrected chi connectivity index (χ3v) is 5.63. The fourth-order valence-corrected chi connectivity index (χ4v) is 4.20. The number of hydrogen-bond donors (Lipinski definition) is 3. The van der Waals surface area contributed by atoms with Crippen molar-refractivity contribution in [2.45, 2.75) is 38.1 Å². The Morgan fingerprint density at radius 3 is 2.75 bits per heavy atom. The Morgan fingerprint density at radius 2 is 1.93 bits per heavy atom. The molecule has 0 fully saturated rings. The van der Waals surface area contributed by atoms with E-state index in [2.05, 4.69) is 46.7 Å². The minimum absolute atomic E-state index is 0.389. The van der Waals surface area contributed by atoms with Crippen LogP contribution < -0.4 is 5.32 Å². The number of aryl methyl sites for hydroxylation is 1. The van der Waals surface area contributed by atoms with Crippen LogP contribution in [0.2, 0.25) is 0 Å². The zero-order valence-corrected chi connectivity index (χ0v) is 15.9. The van der Waals surface area contributed by atoms with Crippen LogP contribution in [0.15, 0.2) is 60.8 Å². The summed E-state index contributed by atoms with van der Waals surface area (Å²) in [4.78, 5) is 14.7. The molecule has 0 saturated heterocycles. The minimum atomic E-state index is -0.863. The van der Waals surface area contributed by atoms with Crippen molar-refractivity contribution >= 4 is 22.4 Å². The number of rotatable bonds is 7. The van der Waals surface area contributed by atoms with Gasteiger partial charge in [-0.05, 0) is 54.5 Å². The molecule has 0 spiro atoms. The van der Waals surface area contributed by atoms with Crippen molar-refractivity contribution in [3.05, 3.63) is 77.5 Å². The smallest absolute Gasteiger partial charge is 0.336 e. The Labute approximate surface area is 165 Å². The first-order valence-corrected chi connectivity index (χ1v) is 10.0. The Kier molecular flexibility index (Phi) is 5.58. The molecule has 0 bridgehead atoms. The molecule has 3 N–H and O–H groups in total. The van der Waals surface area contributed by atoms with Crippen molar-refractivity contribution in [1.29, 1.82) is 0 Å². The fourth-order valence-electron chi connectivity index (χ4n) is 4.20. The summed E-state index contributed by atoms with van der Waals surface area (Å²) in [7, 11) is 0. The van der Waals surface area contributed by atoms with Crippen LogP contribution in [0.3, 0.4) is 0 Å². The van der Waals surface area contributed by atoms with Gasteiger partial charge in [0.1, 0.15) is 0 Å². The van der Waals surface area contributed by atoms with E-state index >= 15 is 0 Å². The number of carbonyl (C=O) groups is 1. The van der Waals surface area contributed by atoms with Crippen LogP contribution in [0.5, 0.6) is 0 Å². The molecule has 1 aliphatic rings. The number of aromatic carboxylic acids is 1. The van der Waals surface area contributed by atoms with Gasteiger partial charge in [0.25, 0.3) is 0 Å². The molecule has 4 rings (SSSR count). The highest BCUT2D eigenvalue weighted by Crippen LogP contribution is 2.26. The van der Waals surface area contributed by atoms with Gasteiger partial charge in [0.15, 0.2) is 0 Å². The summed E-state index contributed by atoms with van der Waals surface area (Å²) in [5, 5.41) is 13.9. The summed E-state index contributed by atoms with van der Waals surface area (Å²) < 4.78 is 0. The van der Waals surface area contributed by atoms with Crippen molar-refractivity contribution in [2.75, 3.05) is 6.54 Å². The van der Waals surface area contributed by atoms with Crippen LogP contribution in [-0.4, -0.2) is 28.6 Å². The van der Waals surface area contributed by atoms with Crippen LogP contribution in [0.25, 0.3) is 16.5 Å². The minimum Gasteiger partial charge on any atom is -0.478 e. The largest absolute Gasteiger partial charge is 0.478 e. The molecule has 2 aromatic carbocycles. The van der Waals surface area contributed by atoms with Crippen LogP contribution in [-0.2, 0) is 6.42 Å². The molecular weight excluding hydrogens is 348 g/mol. The third kappa shape index (κ3) is 4.02. The van der Waals surface area contributed by atoms with E-state index in [0.29, 0.717) is 11.6 Å². The molecule has 144 valence electrons. The molecule has 0 radical (unpaired) electrons. The Hall–Kier alpha value is -2.85. The molecule has 2 heterocycles. The van der Waals surface area contributed by atoms with Crippen LogP contribution >= 0.6 is 0 Å². The van der Waals surface area contributed by atoms with Gasteiger partial charge in [0.05, 0.1) is 5.56 Å². The van der Waals surface area contributed by atoms with Gasteiger partial charge in [-0.25, -0.2) is 4.79 Å². The van der Waals surface area contributed by atoms with Gasteiger partial charge in [-0.1, -0.05) is 48.9 Å². The van der Waals surface area contributed by atoms with Crippen molar-refractivity contribution in [2.24, 2.45) is 0 Å². The Balaban J connectivity index is 1.33. The first kappa shape index (κ1) is 18.5. The quantitative estimate of drug-likeness (QED) is 0.509. The van der Waals surface area contributed by atoms with E-state index in [1.807, 2.05) is 12.3 Å². The monoisotopic (exact) mass is 374 g/mol. The summed E-state index contributed by atoms with van der Waals surface area (Å²) >= 11 is 0. The molecule has 1 unspecified atom stereocenters. The molecule has 0 amide bonds. The lowest BCUT2D eigenvalue weighted by atomic mass is 9.92. The summed E-state index contributed by atoms with van der Waals surface area (Å²) in [6.45, 7) is 0.930. The topological polar surface area (TPSA) is 65.1 Å². The SMILES string of the molecule is O=C(O)c1cccc2[nH]cc(CCCCC3CC(c4ccccc4)=CCN3)c12. The van der Waals surface area contributed by atoms with Gasteiger partial charge in [0, 0.05) is 29.7 Å². The van der Waals surface area contributed by atoms with Crippen LogP contribution in [0, 0.1) is 0 Å². The number of unbranched alkanes of at least 4 members (excludes halogenated alkanes) is 1. The van der Waals surface area contributed by atoms with Gasteiger partial charge in [-0.2, -0.15) is 0 Å². The van der Waals surface area contributed by atoms with Gasteiger partial charge >= 0.3 is 5.97 Å². The lowest BCUT2D eigenvalue weighted by Gasteiger charge is -2.24. The molecule has 1 aromatic heterocycles. The first-order valence-electron chi connectivity index (χ1n) is 10.0. The van der Waals surface area contributed by atoms with E-state index in [0.717, 1.165) is 55.1 Å². The second-order valence-corrected chi connectivity index (χ2v) is 7.50. The van der Waals surface area contributed by atoms with E-state index in [1.54, 1.807) is 12.1 Å². The summed E-state index contributed by atoms with van der Waals surface area (Å²) in [5.74, 6) is -0.863. The number of aromatic nitrogens is 1. The van der Waals surface area contributed by atoms with Crippen LogP contribution in [0.1, 0.15) is 47.2 Å². The molecule has 0 aliphatic carbocycles. The molecule has 3 aromatic rings. The average Bonchev–Trinajstić information content (AvgIpc) is 3.15. The number of carboxylic acid groups (broad SMARTS) is 1. The van der Waals surface area contributed by atoms with Crippen molar-refractivity contribution in [3.63, 3.8) is 0 Å². The van der Waals surface area contributed by atoms with E-state index < -0.39 is 5.97 Å². The summed E-state index contributed by atoms with van der Waals surface area (Å²) in [6.07, 6.45) is 9.56. The van der Waals surface area contributed by atoms with Crippen molar-refractivity contribution in [1.82, 2.24) is 10.3 Å². The number of H-pyrrole nitrogens is 1. The van der Waals surface area contributed by atoms with E-state index in [-0.39, 0.29) is 0 Å². The van der Waals surface area contributed by atoms with Crippen molar-refractivity contribution in [3.8, 4) is 0 Å². The highest BCUT2D eigenvalue weighted by molar-refractivity contribution is 6.04. The zero-order valence-electron chi connectivity index (χ0n) is 15.9. The molecule has 1 aliphatic heterocycles. The van der Waals surface area contributed by atoms with E-state index in [9.17, 15) is 9.90 Å². The molecule has 0 saturated carbocycles. The summed E-state index contributed by atoms with van der Waals surface area (Å²) in [6, 6.07) is 16.6. The van der Waals surface area contributed by atoms with E-state index in [4.69, 9.17) is 0 Å². The number of hydrogen-bond acceptors (Lipinski definition) is 2. The van der Waals surface area contributed by atoms with Gasteiger partial charge in [-0.3, -0.25) is 0 Å². The van der Waals surface area contributed by atoms with Crippen LogP contribution in [0.4, 0.5) is 0 Å². The number of aromatic amines is 1. The Bertz CT molecular complexity index is 988. The molecule has 28 heavy (non-hydrogen) atoms. The predicted molar refractivity (Wildman–Crippen MR) is 114 cm³/mol. The summed E-state index contributed by atoms with van der Waals surface area (Å²) in [5.41, 5.74) is 5.16. The number of benzene rings is 2. The average molecular weight is 374 g/mol. The highest BCUT2D eigenvalue weighted by Gasteiger charge is 2.16. The second kappa shape index (κ2) is 8.44. The standard InChI is InChI=1S/C24H26N2O2/c27-24(28)21-11-6-12-22-23(21)19(16-26-22)9-4-5-10-20-15-18(13-14-25-20)17-7-2-1-3-8-17/h1-3,6-8,11-13,16,20,25-26H,4-5,9-10,14-15H2,(H,27,28). The molecule has 4 nitrogen and oxygen atoms in total. The zero-order chi connectivity index (χ0) is 19.3. The van der Waals surface area contributed by atoms with Gasteiger partial charge in [0.2, 0.25) is 0 Å². The molecular formula is C24H26N2O2. The highest BCUT2D eigenvalue weighted by atomic mass is 16.4. The maximum absolute atomic E-state index is 11.5. The van der Waals surface area contributed by atoms with Gasteiger partial charge < -0.3 is 15.4 Å². The number of nitrogens with one attached hydrogen (secondary N) is 2. The van der Waals surface area contributed by atoms with Gasteiger partial charge in [-0.15, -0.1) is 0 Å². The predicted octanol–water partition coefficient (Wildman–Crippen LogP) is 5.02. The lowest BCUT2D eigenvalue weighted by Crippen LogP contribution is -2.32. The maximum atomic E-state index is 11.5. The first-order chi connectivity index (χ1) is 13.7. The Morgan fingerprint density at radius 1 is 1.07 bits per heavy atom.